The summed E-state index contributed by atoms with van der Waals surface area (Å²) in [7, 11) is 1.95. The van der Waals surface area contributed by atoms with E-state index in [9.17, 15) is 0 Å². The van der Waals surface area contributed by atoms with E-state index in [1.165, 1.54) is 5.56 Å². The van der Waals surface area contributed by atoms with Crippen LogP contribution in [0.15, 0.2) is 48.0 Å². The normalized spacial score (nSPS) is 12.7. The van der Waals surface area contributed by atoms with Crippen molar-refractivity contribution in [2.75, 3.05) is 7.05 Å². The molecular weight excluding hydrogens is 276 g/mol. The number of rotatable bonds is 3. The van der Waals surface area contributed by atoms with Crippen LogP contribution in [0.1, 0.15) is 16.5 Å². The molecule has 0 bridgehead atoms. The zero-order chi connectivity index (χ0) is 13.2. The second-order valence-electron chi connectivity index (χ2n) is 4.27. The Morgan fingerprint density at radius 3 is 2.84 bits per heavy atom. The topological polar surface area (TPSA) is 24.9 Å². The van der Waals surface area contributed by atoms with Gasteiger partial charge in [0.1, 0.15) is 0 Å². The highest BCUT2D eigenvalue weighted by molar-refractivity contribution is 7.10. The predicted molar refractivity (Wildman–Crippen MR) is 82.0 cm³/mol. The quantitative estimate of drug-likeness (QED) is 0.779. The van der Waals surface area contributed by atoms with Crippen molar-refractivity contribution < 1.29 is 0 Å². The molecule has 2 heterocycles. The first kappa shape index (κ1) is 12.6. The molecule has 2 nitrogen and oxygen atoms in total. The van der Waals surface area contributed by atoms with Gasteiger partial charge in [0, 0.05) is 16.5 Å². The minimum absolute atomic E-state index is 0.0976. The lowest BCUT2D eigenvalue weighted by atomic mass is 10.00. The number of thiophene rings is 1. The number of fused-ring (bicyclic) bond motifs is 1. The monoisotopic (exact) mass is 288 g/mol. The molecule has 0 amide bonds. The first-order valence-electron chi connectivity index (χ1n) is 6.05. The number of hydrogen-bond acceptors (Lipinski definition) is 3. The molecule has 1 N–H and O–H groups in total. The molecule has 0 aliphatic carbocycles. The van der Waals surface area contributed by atoms with E-state index < -0.39 is 0 Å². The van der Waals surface area contributed by atoms with Crippen molar-refractivity contribution in [1.29, 1.82) is 0 Å². The Kier molecular flexibility index (Phi) is 3.51. The van der Waals surface area contributed by atoms with Crippen molar-refractivity contribution in [1.82, 2.24) is 10.3 Å². The molecule has 1 atom stereocenters. The molecule has 0 saturated carbocycles. The summed E-state index contributed by atoms with van der Waals surface area (Å²) in [6.45, 7) is 0. The highest BCUT2D eigenvalue weighted by Crippen LogP contribution is 2.35. The Morgan fingerprint density at radius 2 is 2.11 bits per heavy atom. The fraction of sp³-hybridized carbons (Fsp3) is 0.133. The zero-order valence-corrected chi connectivity index (χ0v) is 12.0. The van der Waals surface area contributed by atoms with Crippen LogP contribution in [0.5, 0.6) is 0 Å². The van der Waals surface area contributed by atoms with Gasteiger partial charge in [-0.15, -0.1) is 11.3 Å². The summed E-state index contributed by atoms with van der Waals surface area (Å²) < 4.78 is 0. The minimum Gasteiger partial charge on any atom is -0.309 e. The van der Waals surface area contributed by atoms with Crippen molar-refractivity contribution >= 4 is 33.8 Å². The molecule has 4 heteroatoms. The largest absolute Gasteiger partial charge is 0.309 e. The second-order valence-corrected chi connectivity index (χ2v) is 5.63. The number of hydrogen-bond donors (Lipinski definition) is 1. The lowest BCUT2D eigenvalue weighted by molar-refractivity contribution is 0.709. The number of benzene rings is 1. The summed E-state index contributed by atoms with van der Waals surface area (Å²) in [6.07, 6.45) is 1.82. The minimum atomic E-state index is 0.0976. The number of pyridine rings is 1. The average molecular weight is 289 g/mol. The highest BCUT2D eigenvalue weighted by atomic mass is 35.5. The maximum absolute atomic E-state index is 6.27. The third kappa shape index (κ3) is 2.25. The molecular formula is C15H13ClN2S. The van der Waals surface area contributed by atoms with Gasteiger partial charge >= 0.3 is 0 Å². The number of nitrogens with zero attached hydrogens (tertiary/aromatic N) is 1. The summed E-state index contributed by atoms with van der Waals surface area (Å²) in [5, 5.41) is 7.34. The van der Waals surface area contributed by atoms with Gasteiger partial charge in [-0.05, 0) is 36.2 Å². The second kappa shape index (κ2) is 5.29. The van der Waals surface area contributed by atoms with Crippen LogP contribution in [-0.2, 0) is 0 Å². The molecule has 3 aromatic rings. The van der Waals surface area contributed by atoms with Gasteiger partial charge in [-0.3, -0.25) is 4.98 Å². The number of aromatic nitrogens is 1. The summed E-state index contributed by atoms with van der Waals surface area (Å²) in [6, 6.07) is 12.3. The lowest BCUT2D eigenvalue weighted by Crippen LogP contribution is -2.17. The Balaban J connectivity index is 2.20. The van der Waals surface area contributed by atoms with E-state index in [1.807, 2.05) is 42.9 Å². The van der Waals surface area contributed by atoms with Crippen molar-refractivity contribution in [3.63, 3.8) is 0 Å². The molecule has 0 radical (unpaired) electrons. The van der Waals surface area contributed by atoms with Crippen LogP contribution < -0.4 is 5.32 Å². The molecule has 2 aromatic heterocycles. The van der Waals surface area contributed by atoms with Crippen LogP contribution in [0.4, 0.5) is 0 Å². The fourth-order valence-electron chi connectivity index (χ4n) is 2.32. The third-order valence-electron chi connectivity index (χ3n) is 3.19. The lowest BCUT2D eigenvalue weighted by Gasteiger charge is -2.17. The van der Waals surface area contributed by atoms with Crippen LogP contribution in [0.2, 0.25) is 5.02 Å². The molecule has 96 valence electrons. The Bertz CT molecular complexity index is 703. The smallest absolute Gasteiger partial charge is 0.0705 e. The first-order valence-corrected chi connectivity index (χ1v) is 7.31. The van der Waals surface area contributed by atoms with Crippen LogP contribution in [0.3, 0.4) is 0 Å². The van der Waals surface area contributed by atoms with Crippen LogP contribution in [0.25, 0.3) is 10.9 Å². The maximum atomic E-state index is 6.27. The van der Waals surface area contributed by atoms with Crippen molar-refractivity contribution in [3.8, 4) is 0 Å². The summed E-state index contributed by atoms with van der Waals surface area (Å²) in [4.78, 5) is 5.54. The first-order chi connectivity index (χ1) is 9.31. The molecule has 0 spiro atoms. The van der Waals surface area contributed by atoms with E-state index in [0.717, 1.165) is 20.8 Å². The predicted octanol–water partition coefficient (Wildman–Crippen LogP) is 4.26. The van der Waals surface area contributed by atoms with E-state index in [0.29, 0.717) is 0 Å². The SMILES string of the molecule is CNC(c1sccc1Cl)c1cccc2ncccc12. The molecule has 3 rings (SSSR count). The Morgan fingerprint density at radius 1 is 1.21 bits per heavy atom. The standard InChI is InChI=1S/C15H13ClN2S/c1-17-14(15-12(16)7-9-19-15)11-4-2-6-13-10(11)5-3-8-18-13/h2-9,14,17H,1H3. The fourth-order valence-corrected chi connectivity index (χ4v) is 3.61. The van der Waals surface area contributed by atoms with E-state index in [4.69, 9.17) is 11.6 Å². The molecule has 0 aliphatic rings. The Labute approximate surface area is 121 Å². The van der Waals surface area contributed by atoms with Gasteiger partial charge in [0.15, 0.2) is 0 Å². The molecule has 19 heavy (non-hydrogen) atoms. The molecule has 0 fully saturated rings. The molecule has 0 aliphatic heterocycles. The van der Waals surface area contributed by atoms with Crippen molar-refractivity contribution in [3.05, 3.63) is 63.4 Å². The number of nitrogens with one attached hydrogen (secondary N) is 1. The van der Waals surface area contributed by atoms with Gasteiger partial charge in [-0.25, -0.2) is 0 Å². The maximum Gasteiger partial charge on any atom is 0.0705 e. The van der Waals surface area contributed by atoms with Gasteiger partial charge in [-0.1, -0.05) is 29.8 Å². The van der Waals surface area contributed by atoms with Gasteiger partial charge in [-0.2, -0.15) is 0 Å². The van der Waals surface area contributed by atoms with Gasteiger partial charge in [0.25, 0.3) is 0 Å². The average Bonchev–Trinajstić information content (AvgIpc) is 2.86. The van der Waals surface area contributed by atoms with Crippen molar-refractivity contribution in [2.24, 2.45) is 0 Å². The molecule has 1 aromatic carbocycles. The van der Waals surface area contributed by atoms with Gasteiger partial charge < -0.3 is 5.32 Å². The Hall–Kier alpha value is -1.42. The highest BCUT2D eigenvalue weighted by Gasteiger charge is 2.18. The van der Waals surface area contributed by atoms with E-state index in [2.05, 4.69) is 22.4 Å². The zero-order valence-electron chi connectivity index (χ0n) is 10.4. The van der Waals surface area contributed by atoms with E-state index in [1.54, 1.807) is 11.3 Å². The van der Waals surface area contributed by atoms with Crippen LogP contribution in [0, 0.1) is 0 Å². The third-order valence-corrected chi connectivity index (χ3v) is 4.61. The van der Waals surface area contributed by atoms with Crippen molar-refractivity contribution in [2.45, 2.75) is 6.04 Å². The summed E-state index contributed by atoms with van der Waals surface area (Å²) in [5.74, 6) is 0. The number of halogens is 1. The molecule has 1 unspecified atom stereocenters. The van der Waals surface area contributed by atoms with Crippen LogP contribution >= 0.6 is 22.9 Å². The van der Waals surface area contributed by atoms with E-state index >= 15 is 0 Å². The summed E-state index contributed by atoms with van der Waals surface area (Å²) in [5.41, 5.74) is 2.21. The van der Waals surface area contributed by atoms with Gasteiger partial charge in [0.05, 0.1) is 16.6 Å². The van der Waals surface area contributed by atoms with E-state index in [-0.39, 0.29) is 6.04 Å². The summed E-state index contributed by atoms with van der Waals surface area (Å²) >= 11 is 7.94. The van der Waals surface area contributed by atoms with Gasteiger partial charge in [0.2, 0.25) is 0 Å². The van der Waals surface area contributed by atoms with Crippen LogP contribution in [-0.4, -0.2) is 12.0 Å². The molecule has 0 saturated heterocycles.